The van der Waals surface area contributed by atoms with Gasteiger partial charge in [-0.05, 0) is 43.2 Å². The predicted octanol–water partition coefficient (Wildman–Crippen LogP) is 4.96. The second-order valence-electron chi connectivity index (χ2n) is 6.23. The van der Waals surface area contributed by atoms with Gasteiger partial charge in [-0.1, -0.05) is 29.3 Å². The van der Waals surface area contributed by atoms with Gasteiger partial charge in [0.05, 0.1) is 21.3 Å². The van der Waals surface area contributed by atoms with Crippen LogP contribution < -0.4 is 10.6 Å². The Bertz CT molecular complexity index is 812. The Morgan fingerprint density at radius 1 is 1.19 bits per heavy atom. The van der Waals surface area contributed by atoms with Gasteiger partial charge >= 0.3 is 12.2 Å². The molecule has 0 aliphatic rings. The molecule has 10 heteroatoms. The van der Waals surface area contributed by atoms with E-state index in [9.17, 15) is 23.1 Å². The molecule has 0 fully saturated rings. The number of aliphatic hydroxyl groups is 1. The van der Waals surface area contributed by atoms with Crippen LogP contribution in [0.15, 0.2) is 30.5 Å². The minimum absolute atomic E-state index is 0.0477. The molecule has 27 heavy (non-hydrogen) atoms. The van der Waals surface area contributed by atoms with Gasteiger partial charge < -0.3 is 15.7 Å². The molecule has 5 nitrogen and oxygen atoms in total. The van der Waals surface area contributed by atoms with Gasteiger partial charge in [-0.2, -0.15) is 13.2 Å². The smallest absolute Gasteiger partial charge is 0.386 e. The van der Waals surface area contributed by atoms with E-state index in [1.807, 2.05) is 0 Å². The number of carbonyl (C=O) groups is 1. The normalized spacial score (nSPS) is 12.0. The second-order valence-corrected chi connectivity index (χ2v) is 7.05. The molecule has 0 bridgehead atoms. The third-order valence-corrected chi connectivity index (χ3v) is 4.15. The molecule has 0 aliphatic carbocycles. The van der Waals surface area contributed by atoms with E-state index in [2.05, 4.69) is 15.6 Å². The molecule has 0 saturated heterocycles. The minimum Gasteiger partial charge on any atom is -0.386 e. The lowest BCUT2D eigenvalue weighted by Crippen LogP contribution is -2.28. The maximum absolute atomic E-state index is 12.5. The summed E-state index contributed by atoms with van der Waals surface area (Å²) in [6.07, 6.45) is -3.49. The Balaban J connectivity index is 2.02. The van der Waals surface area contributed by atoms with Crippen molar-refractivity contribution < 1.29 is 23.1 Å². The fourth-order valence-corrected chi connectivity index (χ4v) is 2.66. The first-order valence-electron chi connectivity index (χ1n) is 7.67. The summed E-state index contributed by atoms with van der Waals surface area (Å²) in [5.41, 5.74) is -1.17. The summed E-state index contributed by atoms with van der Waals surface area (Å²) in [5.74, 6) is 0. The zero-order chi connectivity index (χ0) is 20.4. The Hall–Kier alpha value is -2.03. The predicted molar refractivity (Wildman–Crippen MR) is 96.8 cm³/mol. The summed E-state index contributed by atoms with van der Waals surface area (Å²) in [4.78, 5) is 15.3. The van der Waals surface area contributed by atoms with Crippen LogP contribution in [0.2, 0.25) is 10.0 Å². The number of pyridine rings is 1. The average molecular weight is 422 g/mol. The van der Waals surface area contributed by atoms with Crippen molar-refractivity contribution in [2.24, 2.45) is 0 Å². The number of nitrogens with one attached hydrogen (secondary N) is 2. The minimum atomic E-state index is -4.52. The van der Waals surface area contributed by atoms with E-state index in [1.54, 1.807) is 13.8 Å². The molecule has 0 radical (unpaired) electrons. The fraction of sp³-hybridized carbons (Fsp3) is 0.294. The Labute approximate surface area is 163 Å². The third-order valence-electron chi connectivity index (χ3n) is 3.56. The van der Waals surface area contributed by atoms with E-state index in [0.717, 1.165) is 12.3 Å². The first-order valence-corrected chi connectivity index (χ1v) is 8.42. The molecule has 1 aromatic heterocycles. The number of benzene rings is 1. The number of alkyl halides is 3. The lowest BCUT2D eigenvalue weighted by molar-refractivity contribution is -0.141. The molecule has 0 atom stereocenters. The van der Waals surface area contributed by atoms with Gasteiger partial charge in [0.25, 0.3) is 0 Å². The number of urea groups is 1. The molecule has 2 aromatic rings. The zero-order valence-electron chi connectivity index (χ0n) is 14.3. The van der Waals surface area contributed by atoms with Crippen LogP contribution in [0.25, 0.3) is 0 Å². The topological polar surface area (TPSA) is 74.2 Å². The molecule has 146 valence electrons. The molecular weight excluding hydrogens is 406 g/mol. The lowest BCUT2D eigenvalue weighted by atomic mass is 9.98. The number of aromatic nitrogens is 1. The average Bonchev–Trinajstić information content (AvgIpc) is 2.55. The lowest BCUT2D eigenvalue weighted by Gasteiger charge is -2.20. The van der Waals surface area contributed by atoms with Crippen molar-refractivity contribution in [3.63, 3.8) is 0 Å². The summed E-state index contributed by atoms with van der Waals surface area (Å²) >= 11 is 12.2. The van der Waals surface area contributed by atoms with E-state index in [-0.39, 0.29) is 22.3 Å². The van der Waals surface area contributed by atoms with Gasteiger partial charge in [-0.25, -0.2) is 4.79 Å². The molecule has 3 N–H and O–H groups in total. The molecular formula is C17H16Cl2F3N3O2. The number of anilines is 1. The first-order chi connectivity index (χ1) is 12.4. The number of hydrogen-bond donors (Lipinski definition) is 3. The van der Waals surface area contributed by atoms with Gasteiger partial charge in [0.15, 0.2) is 0 Å². The quantitative estimate of drug-likeness (QED) is 0.653. The molecule has 0 saturated carbocycles. The van der Waals surface area contributed by atoms with Crippen molar-refractivity contribution in [2.45, 2.75) is 32.2 Å². The van der Waals surface area contributed by atoms with Crippen molar-refractivity contribution >= 4 is 34.9 Å². The van der Waals surface area contributed by atoms with Crippen LogP contribution in [0.1, 0.15) is 30.7 Å². The van der Waals surface area contributed by atoms with E-state index in [1.165, 1.54) is 18.2 Å². The summed E-state index contributed by atoms with van der Waals surface area (Å²) in [6, 6.07) is 4.34. The molecule has 0 spiro atoms. The molecule has 1 heterocycles. The number of nitrogens with zero attached hydrogens (tertiary/aromatic N) is 1. The monoisotopic (exact) mass is 421 g/mol. The van der Waals surface area contributed by atoms with Gasteiger partial charge in [0.2, 0.25) is 0 Å². The SMILES string of the molecule is CC(C)(O)c1cc(Cl)c(NC(=O)NCc2ccc(C(F)(F)F)nc2)c(Cl)c1. The Morgan fingerprint density at radius 2 is 1.78 bits per heavy atom. The Morgan fingerprint density at radius 3 is 2.22 bits per heavy atom. The maximum atomic E-state index is 12.5. The summed E-state index contributed by atoms with van der Waals surface area (Å²) in [5, 5.41) is 15.2. The molecule has 0 unspecified atom stereocenters. The molecule has 0 aliphatic heterocycles. The number of hydrogen-bond acceptors (Lipinski definition) is 3. The van der Waals surface area contributed by atoms with Crippen LogP contribution in [-0.2, 0) is 18.3 Å². The van der Waals surface area contributed by atoms with E-state index in [0.29, 0.717) is 11.1 Å². The third kappa shape index (κ3) is 5.72. The number of halogens is 5. The highest BCUT2D eigenvalue weighted by Crippen LogP contribution is 2.35. The Kier molecular flexibility index (Phi) is 6.24. The zero-order valence-corrected chi connectivity index (χ0v) is 15.8. The van der Waals surface area contributed by atoms with Crippen LogP contribution in [0.4, 0.5) is 23.7 Å². The highest BCUT2D eigenvalue weighted by Gasteiger charge is 2.32. The standard InChI is InChI=1S/C17H16Cl2F3N3O2/c1-16(2,27)10-5-11(18)14(12(19)6-10)25-15(26)24-8-9-3-4-13(23-7-9)17(20,21)22/h3-7,27H,8H2,1-2H3,(H2,24,25,26). The van der Waals surface area contributed by atoms with Gasteiger partial charge in [0, 0.05) is 12.7 Å². The number of rotatable bonds is 4. The maximum Gasteiger partial charge on any atom is 0.433 e. The number of carbonyl (C=O) groups excluding carboxylic acids is 1. The van der Waals surface area contributed by atoms with Crippen molar-refractivity contribution in [1.82, 2.24) is 10.3 Å². The van der Waals surface area contributed by atoms with E-state index < -0.39 is 23.5 Å². The summed E-state index contributed by atoms with van der Waals surface area (Å²) in [6.45, 7) is 3.08. The second kappa shape index (κ2) is 7.92. The van der Waals surface area contributed by atoms with Crippen LogP contribution in [0.5, 0.6) is 0 Å². The van der Waals surface area contributed by atoms with Crippen molar-refractivity contribution in [3.05, 3.63) is 57.3 Å². The van der Waals surface area contributed by atoms with Gasteiger partial charge in [-0.3, -0.25) is 4.98 Å². The van der Waals surface area contributed by atoms with Gasteiger partial charge in [0.1, 0.15) is 5.69 Å². The van der Waals surface area contributed by atoms with E-state index in [4.69, 9.17) is 23.2 Å². The van der Waals surface area contributed by atoms with E-state index >= 15 is 0 Å². The summed E-state index contributed by atoms with van der Waals surface area (Å²) in [7, 11) is 0. The van der Waals surface area contributed by atoms with Gasteiger partial charge in [-0.15, -0.1) is 0 Å². The van der Waals surface area contributed by atoms with Crippen LogP contribution in [0, 0.1) is 0 Å². The van der Waals surface area contributed by atoms with Crippen LogP contribution in [-0.4, -0.2) is 16.1 Å². The fourth-order valence-electron chi connectivity index (χ4n) is 2.08. The largest absolute Gasteiger partial charge is 0.433 e. The number of amides is 2. The molecule has 2 rings (SSSR count). The molecule has 1 aromatic carbocycles. The van der Waals surface area contributed by atoms with Crippen LogP contribution >= 0.6 is 23.2 Å². The van der Waals surface area contributed by atoms with Crippen molar-refractivity contribution in [3.8, 4) is 0 Å². The van der Waals surface area contributed by atoms with Crippen LogP contribution in [0.3, 0.4) is 0 Å². The molecule has 2 amide bonds. The highest BCUT2D eigenvalue weighted by molar-refractivity contribution is 6.39. The van der Waals surface area contributed by atoms with Crippen molar-refractivity contribution in [2.75, 3.05) is 5.32 Å². The highest BCUT2D eigenvalue weighted by atomic mass is 35.5. The first kappa shape index (κ1) is 21.3. The summed E-state index contributed by atoms with van der Waals surface area (Å²) < 4.78 is 37.4. The van der Waals surface area contributed by atoms with Crippen molar-refractivity contribution in [1.29, 1.82) is 0 Å².